The Morgan fingerprint density at radius 2 is 1.90 bits per heavy atom. The number of halogens is 2. The molecular weight excluding hydrogens is 384 g/mol. The first kappa shape index (κ1) is 20.3. The number of ether oxygens (including phenoxy) is 1. The lowest BCUT2D eigenvalue weighted by atomic mass is 10.0. The highest BCUT2D eigenvalue weighted by Crippen LogP contribution is 2.30. The molecule has 3 aromatic rings. The van der Waals surface area contributed by atoms with E-state index in [1.54, 1.807) is 6.92 Å². The van der Waals surface area contributed by atoms with E-state index in [9.17, 15) is 23.5 Å². The normalized spacial score (nSPS) is 11.1. The zero-order valence-electron chi connectivity index (χ0n) is 15.8. The van der Waals surface area contributed by atoms with Crippen molar-refractivity contribution in [2.75, 3.05) is 18.1 Å². The quantitative estimate of drug-likeness (QED) is 0.454. The summed E-state index contributed by atoms with van der Waals surface area (Å²) < 4.78 is 34.5. The Bertz CT molecular complexity index is 1210. The average Bonchev–Trinajstić information content (AvgIpc) is 2.69. The monoisotopic (exact) mass is 403 g/mol. The summed E-state index contributed by atoms with van der Waals surface area (Å²) in [5, 5.41) is 9.57. The van der Waals surface area contributed by atoms with Gasteiger partial charge in [-0.15, -0.1) is 0 Å². The standard InChI is InChI=1S/C20H19F2N3O4/c1-3-29-20(28)12-7-25(16-6-15(23)13(21)4-10(16)8-26)18-9(2)17(24)14(22)5-11(18)19(12)27/h4-7,26H,3,8,23-24H2,1-2H3. The lowest BCUT2D eigenvalue weighted by Crippen LogP contribution is -2.22. The van der Waals surface area contributed by atoms with Gasteiger partial charge in [0.1, 0.15) is 17.2 Å². The number of benzene rings is 2. The van der Waals surface area contributed by atoms with Crippen LogP contribution in [0.2, 0.25) is 0 Å². The van der Waals surface area contributed by atoms with E-state index < -0.39 is 29.6 Å². The van der Waals surface area contributed by atoms with Crippen molar-refractivity contribution in [1.29, 1.82) is 0 Å². The number of anilines is 2. The molecule has 0 saturated heterocycles. The van der Waals surface area contributed by atoms with Crippen LogP contribution >= 0.6 is 0 Å². The number of hydrogen-bond acceptors (Lipinski definition) is 6. The number of aryl methyl sites for hydroxylation is 1. The zero-order valence-corrected chi connectivity index (χ0v) is 15.8. The van der Waals surface area contributed by atoms with Crippen molar-refractivity contribution in [2.45, 2.75) is 20.5 Å². The van der Waals surface area contributed by atoms with Gasteiger partial charge in [-0.2, -0.15) is 0 Å². The summed E-state index contributed by atoms with van der Waals surface area (Å²) in [5.74, 6) is -2.46. The molecule has 0 bridgehead atoms. The molecule has 0 atom stereocenters. The van der Waals surface area contributed by atoms with Gasteiger partial charge < -0.3 is 25.9 Å². The molecule has 152 valence electrons. The van der Waals surface area contributed by atoms with Gasteiger partial charge in [-0.25, -0.2) is 13.6 Å². The van der Waals surface area contributed by atoms with Crippen LogP contribution in [0, 0.1) is 18.6 Å². The lowest BCUT2D eigenvalue weighted by Gasteiger charge is -2.19. The summed E-state index contributed by atoms with van der Waals surface area (Å²) in [4.78, 5) is 25.2. The lowest BCUT2D eigenvalue weighted by molar-refractivity contribution is 0.0524. The van der Waals surface area contributed by atoms with Crippen molar-refractivity contribution < 1.29 is 23.4 Å². The van der Waals surface area contributed by atoms with Gasteiger partial charge in [0.2, 0.25) is 5.43 Å². The molecule has 7 nitrogen and oxygen atoms in total. The minimum absolute atomic E-state index is 0.0246. The maximum absolute atomic E-state index is 14.3. The predicted molar refractivity (Wildman–Crippen MR) is 105 cm³/mol. The molecule has 0 aliphatic rings. The summed E-state index contributed by atoms with van der Waals surface area (Å²) in [6.45, 7) is 2.56. The van der Waals surface area contributed by atoms with E-state index >= 15 is 0 Å². The van der Waals surface area contributed by atoms with Gasteiger partial charge in [0.15, 0.2) is 0 Å². The number of pyridine rings is 1. The first-order valence-corrected chi connectivity index (χ1v) is 8.71. The maximum atomic E-state index is 14.3. The number of nitrogen functional groups attached to an aromatic ring is 2. The molecule has 0 radical (unpaired) electrons. The Morgan fingerprint density at radius 3 is 2.52 bits per heavy atom. The predicted octanol–water partition coefficient (Wildman–Crippen LogP) is 2.41. The van der Waals surface area contributed by atoms with Crippen LogP contribution in [0.25, 0.3) is 16.6 Å². The maximum Gasteiger partial charge on any atom is 0.343 e. The number of fused-ring (bicyclic) bond motifs is 1. The molecule has 2 aromatic carbocycles. The Hall–Kier alpha value is -3.46. The van der Waals surface area contributed by atoms with Crippen molar-refractivity contribution in [1.82, 2.24) is 4.57 Å². The largest absolute Gasteiger partial charge is 0.462 e. The third-order valence-corrected chi connectivity index (χ3v) is 4.65. The number of carbonyl (C=O) groups excluding carboxylic acids is 1. The molecule has 0 unspecified atom stereocenters. The topological polar surface area (TPSA) is 121 Å². The number of aromatic nitrogens is 1. The molecule has 0 aliphatic heterocycles. The fourth-order valence-corrected chi connectivity index (χ4v) is 3.18. The highest BCUT2D eigenvalue weighted by molar-refractivity contribution is 5.96. The molecule has 0 fully saturated rings. The Labute approximate surface area is 164 Å². The number of hydrogen-bond donors (Lipinski definition) is 3. The first-order valence-electron chi connectivity index (χ1n) is 8.71. The minimum atomic E-state index is -0.899. The van der Waals surface area contributed by atoms with Crippen LogP contribution in [0.5, 0.6) is 0 Å². The van der Waals surface area contributed by atoms with E-state index in [0.29, 0.717) is 0 Å². The smallest absolute Gasteiger partial charge is 0.343 e. The number of aliphatic hydroxyl groups is 1. The number of nitrogens with zero attached hydrogens (tertiary/aromatic N) is 1. The van der Waals surface area contributed by atoms with Crippen LogP contribution in [0.3, 0.4) is 0 Å². The third kappa shape index (κ3) is 3.29. The van der Waals surface area contributed by atoms with Crippen molar-refractivity contribution in [3.63, 3.8) is 0 Å². The van der Waals surface area contributed by atoms with Gasteiger partial charge in [0.05, 0.1) is 41.2 Å². The van der Waals surface area contributed by atoms with E-state index in [2.05, 4.69) is 0 Å². The van der Waals surface area contributed by atoms with Crippen molar-refractivity contribution in [3.8, 4) is 5.69 Å². The zero-order chi connectivity index (χ0) is 21.5. The molecular formula is C20H19F2N3O4. The second-order valence-electron chi connectivity index (χ2n) is 6.42. The molecule has 0 amide bonds. The van der Waals surface area contributed by atoms with Crippen molar-refractivity contribution in [3.05, 3.63) is 62.9 Å². The summed E-state index contributed by atoms with van der Waals surface area (Å²) in [7, 11) is 0. The number of esters is 1. The van der Waals surface area contributed by atoms with Gasteiger partial charge >= 0.3 is 5.97 Å². The van der Waals surface area contributed by atoms with Crippen LogP contribution in [0.15, 0.2) is 29.2 Å². The second-order valence-corrected chi connectivity index (χ2v) is 6.42. The van der Waals surface area contributed by atoms with E-state index in [0.717, 1.165) is 12.1 Å². The average molecular weight is 403 g/mol. The molecule has 29 heavy (non-hydrogen) atoms. The van der Waals surface area contributed by atoms with E-state index in [1.807, 2.05) is 0 Å². The molecule has 0 saturated carbocycles. The first-order chi connectivity index (χ1) is 13.7. The summed E-state index contributed by atoms with van der Waals surface area (Å²) in [6.07, 6.45) is 1.19. The SMILES string of the molecule is CCOC(=O)c1cn(-c2cc(N)c(F)cc2CO)c2c(C)c(N)c(F)cc2c1=O. The minimum Gasteiger partial charge on any atom is -0.462 e. The van der Waals surface area contributed by atoms with Gasteiger partial charge in [0.25, 0.3) is 0 Å². The highest BCUT2D eigenvalue weighted by atomic mass is 19.1. The Morgan fingerprint density at radius 1 is 1.21 bits per heavy atom. The van der Waals surface area contributed by atoms with E-state index in [-0.39, 0.29) is 51.3 Å². The molecule has 1 heterocycles. The summed E-state index contributed by atoms with van der Waals surface area (Å²) >= 11 is 0. The summed E-state index contributed by atoms with van der Waals surface area (Å²) in [6, 6.07) is 3.23. The summed E-state index contributed by atoms with van der Waals surface area (Å²) in [5.41, 5.74) is 10.8. The Kier molecular flexibility index (Phi) is 5.25. The van der Waals surface area contributed by atoms with Crippen LogP contribution in [-0.2, 0) is 11.3 Å². The number of nitrogens with two attached hydrogens (primary N) is 2. The number of aliphatic hydroxyl groups excluding tert-OH is 1. The molecule has 5 N–H and O–H groups in total. The van der Waals surface area contributed by atoms with Gasteiger partial charge in [0, 0.05) is 11.8 Å². The van der Waals surface area contributed by atoms with Gasteiger partial charge in [-0.05, 0) is 37.6 Å². The van der Waals surface area contributed by atoms with Gasteiger partial charge in [-0.3, -0.25) is 4.79 Å². The fraction of sp³-hybridized carbons (Fsp3) is 0.200. The second kappa shape index (κ2) is 7.51. The van der Waals surface area contributed by atoms with Gasteiger partial charge in [-0.1, -0.05) is 0 Å². The molecule has 1 aromatic heterocycles. The van der Waals surface area contributed by atoms with Crippen LogP contribution in [-0.4, -0.2) is 22.2 Å². The molecule has 3 rings (SSSR count). The number of carbonyl (C=O) groups is 1. The fourth-order valence-electron chi connectivity index (χ4n) is 3.18. The van der Waals surface area contributed by atoms with E-state index in [4.69, 9.17) is 16.2 Å². The van der Waals surface area contributed by atoms with Crippen LogP contribution < -0.4 is 16.9 Å². The van der Waals surface area contributed by atoms with E-state index in [1.165, 1.54) is 23.8 Å². The highest BCUT2D eigenvalue weighted by Gasteiger charge is 2.22. The third-order valence-electron chi connectivity index (χ3n) is 4.65. The van der Waals surface area contributed by atoms with Crippen LogP contribution in [0.4, 0.5) is 20.2 Å². The Balaban J connectivity index is 2.54. The molecule has 0 aliphatic carbocycles. The van der Waals surface area contributed by atoms with Crippen LogP contribution in [0.1, 0.15) is 28.4 Å². The molecule has 0 spiro atoms. The van der Waals surface area contributed by atoms with Crippen molar-refractivity contribution in [2.24, 2.45) is 0 Å². The molecule has 9 heteroatoms. The number of rotatable bonds is 4. The van der Waals surface area contributed by atoms with Crippen molar-refractivity contribution >= 4 is 28.2 Å².